The van der Waals surface area contributed by atoms with Gasteiger partial charge in [0.15, 0.2) is 0 Å². The third-order valence-electron chi connectivity index (χ3n) is 1.79. The number of hydrogen-bond acceptors (Lipinski definition) is 2. The lowest BCUT2D eigenvalue weighted by Crippen LogP contribution is -2.19. The van der Waals surface area contributed by atoms with Gasteiger partial charge in [0.25, 0.3) is 0 Å². The number of ether oxygens (including phenoxy) is 1. The Morgan fingerprint density at radius 1 is 1.31 bits per heavy atom. The Morgan fingerprint density at radius 3 is 2.62 bits per heavy atom. The maximum absolute atomic E-state index is 12.0. The van der Waals surface area contributed by atoms with E-state index in [1.165, 1.54) is 24.6 Å². The Hall–Kier alpha value is -1.72. The van der Waals surface area contributed by atoms with Gasteiger partial charge in [-0.2, -0.15) is 0 Å². The van der Waals surface area contributed by atoms with Gasteiger partial charge in [0, 0.05) is 6.54 Å². The quantitative estimate of drug-likeness (QED) is 0.620. The molecule has 0 unspecified atom stereocenters. The molecule has 0 fully saturated rings. The number of rotatable bonds is 5. The summed E-state index contributed by atoms with van der Waals surface area (Å²) in [5, 5.41) is 2.24. The van der Waals surface area contributed by atoms with E-state index in [0.29, 0.717) is 5.56 Å². The monoisotopic (exact) mass is 232 g/mol. The summed E-state index contributed by atoms with van der Waals surface area (Å²) in [5.74, 6) is -0.248. The first-order chi connectivity index (χ1) is 7.53. The first kappa shape index (κ1) is 12.4. The number of para-hydroxylation sites is 1. The van der Waals surface area contributed by atoms with Crippen molar-refractivity contribution in [1.29, 1.82) is 0 Å². The fourth-order valence-electron chi connectivity index (χ4n) is 1.18. The number of amides is 1. The van der Waals surface area contributed by atoms with E-state index in [-0.39, 0.29) is 18.7 Å². The van der Waals surface area contributed by atoms with Crippen LogP contribution in [0.5, 0.6) is 5.75 Å². The van der Waals surface area contributed by atoms with E-state index >= 15 is 0 Å². The molecule has 0 spiro atoms. The minimum Gasteiger partial charge on any atom is -0.406 e. The van der Waals surface area contributed by atoms with E-state index in [0.717, 1.165) is 0 Å². The van der Waals surface area contributed by atoms with Crippen LogP contribution in [0.2, 0.25) is 0 Å². The maximum atomic E-state index is 12.0. The van der Waals surface area contributed by atoms with Gasteiger partial charge in [0.2, 0.25) is 0 Å². The fourth-order valence-corrected chi connectivity index (χ4v) is 1.18. The van der Waals surface area contributed by atoms with Crippen molar-refractivity contribution in [2.24, 2.45) is 0 Å². The van der Waals surface area contributed by atoms with Crippen LogP contribution in [0.4, 0.5) is 13.2 Å². The van der Waals surface area contributed by atoms with Gasteiger partial charge in [-0.15, -0.1) is 13.2 Å². The number of hydrogen-bond donors (Lipinski definition) is 1. The summed E-state index contributed by atoms with van der Waals surface area (Å²) in [7, 11) is 0. The van der Waals surface area contributed by atoms with Gasteiger partial charge < -0.3 is 10.1 Å². The summed E-state index contributed by atoms with van der Waals surface area (Å²) >= 11 is 0. The SMILES string of the molecule is O=[C]NCCc1ccccc1OC(F)(F)F. The fraction of sp³-hybridized carbons (Fsp3) is 0.300. The molecule has 0 aliphatic carbocycles. The molecule has 87 valence electrons. The number of carbonyl (C=O) groups excluding carboxylic acids is 1. The van der Waals surface area contributed by atoms with E-state index in [1.54, 1.807) is 6.07 Å². The summed E-state index contributed by atoms with van der Waals surface area (Å²) < 4.78 is 39.9. The minimum atomic E-state index is -4.71. The molecule has 16 heavy (non-hydrogen) atoms. The zero-order valence-corrected chi connectivity index (χ0v) is 8.17. The Labute approximate surface area is 90.2 Å². The molecule has 6 heteroatoms. The first-order valence-electron chi connectivity index (χ1n) is 4.46. The molecule has 0 aliphatic rings. The molecule has 1 radical (unpaired) electrons. The van der Waals surface area contributed by atoms with Gasteiger partial charge in [-0.25, -0.2) is 0 Å². The van der Waals surface area contributed by atoms with Crippen LogP contribution in [-0.2, 0) is 11.2 Å². The highest BCUT2D eigenvalue weighted by atomic mass is 19.4. The number of alkyl halides is 3. The van der Waals surface area contributed by atoms with Crippen molar-refractivity contribution in [2.45, 2.75) is 12.8 Å². The number of halogens is 3. The lowest BCUT2D eigenvalue weighted by molar-refractivity contribution is -0.274. The molecule has 0 atom stereocenters. The van der Waals surface area contributed by atoms with Crippen molar-refractivity contribution >= 4 is 6.41 Å². The summed E-state index contributed by atoms with van der Waals surface area (Å²) in [6, 6.07) is 5.79. The summed E-state index contributed by atoms with van der Waals surface area (Å²) in [6.07, 6.45) is -3.01. The number of nitrogens with one attached hydrogen (secondary N) is 1. The van der Waals surface area contributed by atoms with Crippen molar-refractivity contribution in [3.05, 3.63) is 29.8 Å². The third-order valence-corrected chi connectivity index (χ3v) is 1.79. The average Bonchev–Trinajstić information content (AvgIpc) is 2.19. The van der Waals surface area contributed by atoms with Crippen molar-refractivity contribution in [3.63, 3.8) is 0 Å². The Kier molecular flexibility index (Phi) is 4.16. The van der Waals surface area contributed by atoms with Gasteiger partial charge in [0.05, 0.1) is 0 Å². The Balaban J connectivity index is 2.71. The average molecular weight is 232 g/mol. The van der Waals surface area contributed by atoms with E-state index in [2.05, 4.69) is 10.1 Å². The van der Waals surface area contributed by atoms with Gasteiger partial charge >= 0.3 is 12.8 Å². The van der Waals surface area contributed by atoms with Crippen molar-refractivity contribution in [3.8, 4) is 5.75 Å². The molecule has 1 aromatic carbocycles. The van der Waals surface area contributed by atoms with Crippen LogP contribution in [-0.4, -0.2) is 19.3 Å². The van der Waals surface area contributed by atoms with Crippen LogP contribution in [0.1, 0.15) is 5.56 Å². The topological polar surface area (TPSA) is 38.3 Å². The van der Waals surface area contributed by atoms with Crippen LogP contribution in [0.3, 0.4) is 0 Å². The van der Waals surface area contributed by atoms with Crippen LogP contribution in [0, 0.1) is 0 Å². The largest absolute Gasteiger partial charge is 0.573 e. The highest BCUT2D eigenvalue weighted by molar-refractivity contribution is 5.47. The lowest BCUT2D eigenvalue weighted by Gasteiger charge is -2.12. The molecule has 0 saturated carbocycles. The van der Waals surface area contributed by atoms with Crippen molar-refractivity contribution < 1.29 is 22.7 Å². The van der Waals surface area contributed by atoms with Gasteiger partial charge in [-0.3, -0.25) is 4.79 Å². The smallest absolute Gasteiger partial charge is 0.406 e. The predicted octanol–water partition coefficient (Wildman–Crippen LogP) is 1.78. The highest BCUT2D eigenvalue weighted by Gasteiger charge is 2.31. The molecule has 0 aliphatic heterocycles. The molecule has 3 nitrogen and oxygen atoms in total. The zero-order chi connectivity index (χ0) is 12.0. The number of benzene rings is 1. The second-order valence-electron chi connectivity index (χ2n) is 2.93. The third kappa shape index (κ3) is 4.20. The standard InChI is InChI=1S/C10H9F3NO2/c11-10(12,13)16-9-4-2-1-3-8(9)5-6-14-7-15/h1-4H,5-6H2,(H,14,15). The first-order valence-corrected chi connectivity index (χ1v) is 4.46. The Morgan fingerprint density at radius 2 is 2.00 bits per heavy atom. The molecule has 1 N–H and O–H groups in total. The van der Waals surface area contributed by atoms with Gasteiger partial charge in [0.1, 0.15) is 5.75 Å². The summed E-state index contributed by atoms with van der Waals surface area (Å²) in [5.41, 5.74) is 0.377. The predicted molar refractivity (Wildman–Crippen MR) is 50.5 cm³/mol. The zero-order valence-electron chi connectivity index (χ0n) is 8.17. The van der Waals surface area contributed by atoms with Crippen molar-refractivity contribution in [1.82, 2.24) is 5.32 Å². The second-order valence-corrected chi connectivity index (χ2v) is 2.93. The Bertz CT molecular complexity index is 352. The molecular weight excluding hydrogens is 223 g/mol. The molecule has 0 heterocycles. The second kappa shape index (κ2) is 5.39. The molecule has 1 rings (SSSR count). The summed E-state index contributed by atoms with van der Waals surface area (Å²) in [6.45, 7) is 0.210. The molecule has 1 amide bonds. The van der Waals surface area contributed by atoms with E-state index in [1.807, 2.05) is 0 Å². The van der Waals surface area contributed by atoms with E-state index in [9.17, 15) is 18.0 Å². The summed E-state index contributed by atoms with van der Waals surface area (Å²) in [4.78, 5) is 9.86. The molecule has 0 aromatic heterocycles. The minimum absolute atomic E-state index is 0.210. The molecule has 0 bridgehead atoms. The lowest BCUT2D eigenvalue weighted by atomic mass is 10.1. The van der Waals surface area contributed by atoms with Crippen LogP contribution >= 0.6 is 0 Å². The van der Waals surface area contributed by atoms with Crippen LogP contribution in [0.25, 0.3) is 0 Å². The normalized spacial score (nSPS) is 10.9. The van der Waals surface area contributed by atoms with E-state index < -0.39 is 6.36 Å². The molecule has 0 saturated heterocycles. The van der Waals surface area contributed by atoms with Gasteiger partial charge in [-0.05, 0) is 18.1 Å². The van der Waals surface area contributed by atoms with Crippen LogP contribution in [0.15, 0.2) is 24.3 Å². The molecule has 1 aromatic rings. The van der Waals surface area contributed by atoms with Gasteiger partial charge in [-0.1, -0.05) is 18.2 Å². The molecular formula is C10H9F3NO2. The van der Waals surface area contributed by atoms with E-state index in [4.69, 9.17) is 0 Å². The maximum Gasteiger partial charge on any atom is 0.573 e. The van der Waals surface area contributed by atoms with Crippen molar-refractivity contribution in [2.75, 3.05) is 6.54 Å². The highest BCUT2D eigenvalue weighted by Crippen LogP contribution is 2.26. The van der Waals surface area contributed by atoms with Crippen LogP contribution < -0.4 is 10.1 Å².